The molecule has 4 rings (SSSR count). The molecule has 2 saturated heterocycles. The van der Waals surface area contributed by atoms with Crippen LogP contribution < -0.4 is 5.32 Å². The summed E-state index contributed by atoms with van der Waals surface area (Å²) in [4.78, 5) is 26.4. The Kier molecular flexibility index (Phi) is 6.20. The number of epoxide rings is 1. The van der Waals surface area contributed by atoms with Gasteiger partial charge in [0.2, 0.25) is 5.91 Å². The number of piperazine rings is 1. The summed E-state index contributed by atoms with van der Waals surface area (Å²) < 4.78 is 5.86. The van der Waals surface area contributed by atoms with E-state index < -0.39 is 0 Å². The quantitative estimate of drug-likeness (QED) is 0.712. The number of nitrogens with one attached hydrogen (secondary N) is 1. The number of amides is 1. The van der Waals surface area contributed by atoms with Crippen molar-refractivity contribution in [2.24, 2.45) is 0 Å². The number of carbonyl (C=O) groups excluding carboxylic acids is 1. The van der Waals surface area contributed by atoms with Gasteiger partial charge in [-0.25, -0.2) is 4.98 Å². The molecule has 0 saturated carbocycles. The summed E-state index contributed by atoms with van der Waals surface area (Å²) >= 11 is 1.55. The second-order valence-electron chi connectivity index (χ2n) is 8.64. The van der Waals surface area contributed by atoms with E-state index in [2.05, 4.69) is 64.9 Å². The summed E-state index contributed by atoms with van der Waals surface area (Å²) in [5.74, 6) is -0.0839. The Morgan fingerprint density at radius 2 is 1.97 bits per heavy atom. The fraction of sp³-hybridized carbons (Fsp3) is 0.591. The third-order valence-corrected chi connectivity index (χ3v) is 6.72. The average molecular weight is 430 g/mol. The standard InChI is InChI=1S/C22H31N5O2S/c1-13-6-18(7-14(2)24-13)8-19-11-26(15(3)10-27(19)21-16(4)29-21)12-20-9-23-22(30-20)25-17(5)28/h6-7,9,15-16,19,21H,8,10-12H2,1-5H3,(H,23,25,28)/t15-,16?,19?,21?/m0/s1. The van der Waals surface area contributed by atoms with Gasteiger partial charge in [-0.2, -0.15) is 0 Å². The maximum atomic E-state index is 11.3. The van der Waals surface area contributed by atoms with E-state index >= 15 is 0 Å². The molecule has 162 valence electrons. The van der Waals surface area contributed by atoms with Gasteiger partial charge in [-0.1, -0.05) is 0 Å². The summed E-state index contributed by atoms with van der Waals surface area (Å²) in [5, 5.41) is 3.45. The second kappa shape index (κ2) is 8.70. The first-order valence-electron chi connectivity index (χ1n) is 10.6. The molecule has 8 heteroatoms. The van der Waals surface area contributed by atoms with E-state index in [1.807, 2.05) is 6.20 Å². The van der Waals surface area contributed by atoms with Crippen LogP contribution in [0.2, 0.25) is 0 Å². The Balaban J connectivity index is 1.49. The number of thiazole rings is 1. The minimum absolute atomic E-state index is 0.0839. The Morgan fingerprint density at radius 3 is 2.60 bits per heavy atom. The largest absolute Gasteiger partial charge is 0.353 e. The van der Waals surface area contributed by atoms with E-state index in [9.17, 15) is 4.79 Å². The topological polar surface area (TPSA) is 73.9 Å². The highest BCUT2D eigenvalue weighted by molar-refractivity contribution is 7.15. The molecular weight excluding hydrogens is 398 g/mol. The van der Waals surface area contributed by atoms with Crippen molar-refractivity contribution in [2.75, 3.05) is 18.4 Å². The van der Waals surface area contributed by atoms with Crippen molar-refractivity contribution >= 4 is 22.4 Å². The second-order valence-corrected chi connectivity index (χ2v) is 9.75. The first-order valence-corrected chi connectivity index (χ1v) is 11.4. The molecule has 1 amide bonds. The predicted molar refractivity (Wildman–Crippen MR) is 119 cm³/mol. The molecule has 0 aromatic carbocycles. The normalized spacial score (nSPS) is 27.2. The Labute approximate surface area is 182 Å². The third-order valence-electron chi connectivity index (χ3n) is 5.83. The highest BCUT2D eigenvalue weighted by Gasteiger charge is 2.46. The van der Waals surface area contributed by atoms with Gasteiger partial charge in [-0.15, -0.1) is 11.3 Å². The number of rotatable bonds is 6. The lowest BCUT2D eigenvalue weighted by atomic mass is 9.99. The number of carbonyl (C=O) groups is 1. The van der Waals surface area contributed by atoms with Gasteiger partial charge >= 0.3 is 0 Å². The van der Waals surface area contributed by atoms with Crippen LogP contribution in [0.1, 0.15) is 42.6 Å². The lowest BCUT2D eigenvalue weighted by molar-refractivity contribution is -0.114. The minimum Gasteiger partial charge on any atom is -0.353 e. The number of aromatic nitrogens is 2. The average Bonchev–Trinajstić information content (AvgIpc) is 3.20. The fourth-order valence-electron chi connectivity index (χ4n) is 4.46. The lowest BCUT2D eigenvalue weighted by Crippen LogP contribution is -2.58. The molecule has 2 aromatic rings. The van der Waals surface area contributed by atoms with E-state index in [0.29, 0.717) is 23.3 Å². The van der Waals surface area contributed by atoms with Crippen LogP contribution in [0, 0.1) is 13.8 Å². The number of hydrogen-bond donors (Lipinski definition) is 1. The van der Waals surface area contributed by atoms with Crippen molar-refractivity contribution in [1.29, 1.82) is 0 Å². The zero-order valence-corrected chi connectivity index (χ0v) is 19.2. The fourth-order valence-corrected chi connectivity index (χ4v) is 5.35. The number of aryl methyl sites for hydroxylation is 2. The molecule has 4 heterocycles. The summed E-state index contributed by atoms with van der Waals surface area (Å²) in [6.07, 6.45) is 3.42. The summed E-state index contributed by atoms with van der Waals surface area (Å²) in [6.45, 7) is 12.9. The van der Waals surface area contributed by atoms with Crippen molar-refractivity contribution in [1.82, 2.24) is 19.8 Å². The molecule has 0 radical (unpaired) electrons. The van der Waals surface area contributed by atoms with Gasteiger partial charge < -0.3 is 10.1 Å². The maximum Gasteiger partial charge on any atom is 0.223 e. The van der Waals surface area contributed by atoms with Gasteiger partial charge in [0.1, 0.15) is 6.23 Å². The molecule has 2 aliphatic rings. The molecule has 1 N–H and O–H groups in total. The summed E-state index contributed by atoms with van der Waals surface area (Å²) in [5.41, 5.74) is 3.48. The van der Waals surface area contributed by atoms with E-state index in [1.54, 1.807) is 11.3 Å². The predicted octanol–water partition coefficient (Wildman–Crippen LogP) is 2.98. The molecule has 0 bridgehead atoms. The number of pyridine rings is 1. The molecular formula is C22H31N5O2S. The van der Waals surface area contributed by atoms with Crippen LogP contribution in [0.5, 0.6) is 0 Å². The zero-order valence-electron chi connectivity index (χ0n) is 18.4. The van der Waals surface area contributed by atoms with E-state index in [0.717, 1.165) is 37.4 Å². The smallest absolute Gasteiger partial charge is 0.223 e. The summed E-state index contributed by atoms with van der Waals surface area (Å²) in [7, 11) is 0. The number of hydrogen-bond acceptors (Lipinski definition) is 7. The monoisotopic (exact) mass is 429 g/mol. The van der Waals surface area contributed by atoms with Crippen LogP contribution in [-0.4, -0.2) is 63.2 Å². The SMILES string of the molecule is CC(=O)Nc1ncc(CN2CC(Cc3cc(C)nc(C)c3)N(C3OC3C)C[C@@H]2C)s1. The van der Waals surface area contributed by atoms with Crippen molar-refractivity contribution in [2.45, 2.75) is 72.0 Å². The van der Waals surface area contributed by atoms with Gasteiger partial charge in [-0.3, -0.25) is 19.6 Å². The maximum absolute atomic E-state index is 11.3. The van der Waals surface area contributed by atoms with E-state index in [1.165, 1.54) is 17.4 Å². The molecule has 0 aliphatic carbocycles. The molecule has 30 heavy (non-hydrogen) atoms. The first-order chi connectivity index (χ1) is 14.3. The van der Waals surface area contributed by atoms with Crippen LogP contribution in [0.25, 0.3) is 0 Å². The highest BCUT2D eigenvalue weighted by Crippen LogP contribution is 2.33. The third kappa shape index (κ3) is 5.06. The van der Waals surface area contributed by atoms with Crippen molar-refractivity contribution in [3.63, 3.8) is 0 Å². The highest BCUT2D eigenvalue weighted by atomic mass is 32.1. The number of anilines is 1. The van der Waals surface area contributed by atoms with Crippen molar-refractivity contribution < 1.29 is 9.53 Å². The van der Waals surface area contributed by atoms with Gasteiger partial charge in [0.25, 0.3) is 0 Å². The van der Waals surface area contributed by atoms with Crippen LogP contribution >= 0.6 is 11.3 Å². The van der Waals surface area contributed by atoms with Crippen molar-refractivity contribution in [3.8, 4) is 0 Å². The van der Waals surface area contributed by atoms with Crippen LogP contribution in [-0.2, 0) is 22.5 Å². The van der Waals surface area contributed by atoms with Gasteiger partial charge in [0.15, 0.2) is 5.13 Å². The first kappa shape index (κ1) is 21.4. The van der Waals surface area contributed by atoms with Gasteiger partial charge in [-0.05, 0) is 51.8 Å². The molecule has 2 aliphatic heterocycles. The summed E-state index contributed by atoms with van der Waals surface area (Å²) in [6, 6.07) is 5.21. The minimum atomic E-state index is -0.0839. The Morgan fingerprint density at radius 1 is 1.27 bits per heavy atom. The molecule has 2 fully saturated rings. The Hall–Kier alpha value is -1.87. The van der Waals surface area contributed by atoms with E-state index in [4.69, 9.17) is 4.74 Å². The molecule has 7 nitrogen and oxygen atoms in total. The molecule has 0 spiro atoms. The van der Waals surface area contributed by atoms with Gasteiger partial charge in [0.05, 0.1) is 6.10 Å². The van der Waals surface area contributed by atoms with Gasteiger partial charge in [0, 0.05) is 61.1 Å². The molecule has 2 aromatic heterocycles. The zero-order chi connectivity index (χ0) is 21.4. The molecule has 4 atom stereocenters. The number of nitrogens with zero attached hydrogens (tertiary/aromatic N) is 4. The lowest BCUT2D eigenvalue weighted by Gasteiger charge is -2.45. The van der Waals surface area contributed by atoms with Crippen LogP contribution in [0.4, 0.5) is 5.13 Å². The van der Waals surface area contributed by atoms with Crippen LogP contribution in [0.3, 0.4) is 0 Å². The molecule has 3 unspecified atom stereocenters. The van der Waals surface area contributed by atoms with Crippen molar-refractivity contribution in [3.05, 3.63) is 40.2 Å². The Bertz CT molecular complexity index is 896. The van der Waals surface area contributed by atoms with Crippen LogP contribution in [0.15, 0.2) is 18.3 Å². The van der Waals surface area contributed by atoms with E-state index in [-0.39, 0.29) is 12.1 Å². The number of ether oxygens (including phenoxy) is 1.